The van der Waals surface area contributed by atoms with E-state index in [-0.39, 0.29) is 0 Å². The summed E-state index contributed by atoms with van der Waals surface area (Å²) in [4.78, 5) is 0. The van der Waals surface area contributed by atoms with Crippen LogP contribution in [0.15, 0.2) is 0 Å². The van der Waals surface area contributed by atoms with Gasteiger partial charge in [-0.1, -0.05) is 27.7 Å². The Balaban J connectivity index is 1.82. The molecule has 0 amide bonds. The zero-order valence-electron chi connectivity index (χ0n) is 14.8. The van der Waals surface area contributed by atoms with E-state index in [1.54, 1.807) is 0 Å². The Morgan fingerprint density at radius 3 is 1.95 bits per heavy atom. The zero-order chi connectivity index (χ0) is 14.8. The van der Waals surface area contributed by atoms with Gasteiger partial charge in [-0.3, -0.25) is 0 Å². The molecule has 0 aliphatic heterocycles. The molecule has 4 fully saturated rings. The number of quaternary nitrogens is 1. The Kier molecular flexibility index (Phi) is 3.16. The first-order chi connectivity index (χ1) is 9.03. The summed E-state index contributed by atoms with van der Waals surface area (Å²) < 4.78 is 1.23. The monoisotopic (exact) mass is 278 g/mol. The topological polar surface area (TPSA) is 0 Å². The van der Waals surface area contributed by atoms with Crippen molar-refractivity contribution in [2.24, 2.45) is 28.1 Å². The molecule has 4 saturated carbocycles. The molecule has 0 aromatic heterocycles. The molecule has 4 bridgehead atoms. The van der Waals surface area contributed by atoms with Crippen molar-refractivity contribution >= 4 is 0 Å². The molecule has 0 aromatic carbocycles. The third-order valence-corrected chi connectivity index (χ3v) is 6.36. The van der Waals surface area contributed by atoms with Crippen molar-refractivity contribution in [3.63, 3.8) is 0 Å². The van der Waals surface area contributed by atoms with Gasteiger partial charge in [-0.05, 0) is 55.3 Å². The minimum absolute atomic E-state index is 0.668. The van der Waals surface area contributed by atoms with Gasteiger partial charge in [-0.25, -0.2) is 0 Å². The molecule has 0 radical (unpaired) electrons. The van der Waals surface area contributed by atoms with Gasteiger partial charge in [0.2, 0.25) is 0 Å². The van der Waals surface area contributed by atoms with Crippen molar-refractivity contribution < 1.29 is 4.48 Å². The molecule has 0 heterocycles. The van der Waals surface area contributed by atoms with Crippen LogP contribution in [-0.2, 0) is 0 Å². The average molecular weight is 279 g/mol. The van der Waals surface area contributed by atoms with Crippen LogP contribution in [0, 0.1) is 28.1 Å². The number of rotatable bonds is 4. The smallest absolute Gasteiger partial charge is 0.0840 e. The van der Waals surface area contributed by atoms with Crippen LogP contribution >= 0.6 is 0 Å². The predicted octanol–water partition coefficient (Wildman–Crippen LogP) is 4.72. The van der Waals surface area contributed by atoms with Crippen molar-refractivity contribution in [3.05, 3.63) is 0 Å². The molecule has 4 aliphatic rings. The first kappa shape index (κ1) is 14.9. The molecule has 0 saturated heterocycles. The lowest BCUT2D eigenvalue weighted by Crippen LogP contribution is -2.61. The molecule has 1 nitrogen and oxygen atoms in total. The Morgan fingerprint density at radius 1 is 0.950 bits per heavy atom. The molecule has 1 heteroatoms. The van der Waals surface area contributed by atoms with Crippen LogP contribution in [0.3, 0.4) is 0 Å². The van der Waals surface area contributed by atoms with E-state index in [0.717, 1.165) is 11.8 Å². The standard InChI is InChI=1S/C19H36N/c1-15(2)10-20(5,6)14-19-9-16-7-17(3,12-19)11-18(4,8-16)13-19/h15-16H,7-14H2,1-6H3/q+1. The van der Waals surface area contributed by atoms with Gasteiger partial charge in [0.15, 0.2) is 0 Å². The first-order valence-electron chi connectivity index (χ1n) is 8.85. The Morgan fingerprint density at radius 2 is 1.50 bits per heavy atom. The molecule has 4 rings (SSSR count). The highest BCUT2D eigenvalue weighted by molar-refractivity contribution is 5.10. The van der Waals surface area contributed by atoms with E-state index in [1.165, 1.54) is 56.1 Å². The lowest BCUT2D eigenvalue weighted by atomic mass is 9.40. The Hall–Kier alpha value is -0.0400. The van der Waals surface area contributed by atoms with Crippen LogP contribution in [0.2, 0.25) is 0 Å². The summed E-state index contributed by atoms with van der Waals surface area (Å²) in [6.07, 6.45) is 9.15. The maximum absolute atomic E-state index is 2.60. The van der Waals surface area contributed by atoms with E-state index in [2.05, 4.69) is 41.8 Å². The molecule has 4 aliphatic carbocycles. The molecular weight excluding hydrogens is 242 g/mol. The minimum Gasteiger partial charge on any atom is -0.328 e. The summed E-state index contributed by atoms with van der Waals surface area (Å²) in [6, 6.07) is 0. The van der Waals surface area contributed by atoms with Crippen molar-refractivity contribution in [2.45, 2.75) is 66.2 Å². The molecule has 0 N–H and O–H groups in total. The van der Waals surface area contributed by atoms with Crippen molar-refractivity contribution in [2.75, 3.05) is 27.2 Å². The van der Waals surface area contributed by atoms with E-state index < -0.39 is 0 Å². The summed E-state index contributed by atoms with van der Waals surface area (Å²) in [6.45, 7) is 12.7. The van der Waals surface area contributed by atoms with Gasteiger partial charge in [0.1, 0.15) is 0 Å². The predicted molar refractivity (Wildman–Crippen MR) is 86.5 cm³/mol. The highest BCUT2D eigenvalue weighted by atomic mass is 15.3. The SMILES string of the molecule is CC(C)C[N+](C)(C)CC12CC3CC(C)(CC(C)(C3)C1)C2. The zero-order valence-corrected chi connectivity index (χ0v) is 14.8. The van der Waals surface area contributed by atoms with Gasteiger partial charge < -0.3 is 4.48 Å². The maximum Gasteiger partial charge on any atom is 0.0840 e. The van der Waals surface area contributed by atoms with Gasteiger partial charge in [0, 0.05) is 11.3 Å². The van der Waals surface area contributed by atoms with Gasteiger partial charge >= 0.3 is 0 Å². The average Bonchev–Trinajstić information content (AvgIpc) is 2.04. The van der Waals surface area contributed by atoms with E-state index in [4.69, 9.17) is 0 Å². The lowest BCUT2D eigenvalue weighted by molar-refractivity contribution is -0.901. The third kappa shape index (κ3) is 2.67. The molecule has 20 heavy (non-hydrogen) atoms. The summed E-state index contributed by atoms with van der Waals surface area (Å²) >= 11 is 0. The van der Waals surface area contributed by atoms with Crippen molar-refractivity contribution in [3.8, 4) is 0 Å². The number of hydrogen-bond donors (Lipinski definition) is 0. The van der Waals surface area contributed by atoms with Crippen LogP contribution in [0.5, 0.6) is 0 Å². The summed E-state index contributed by atoms with van der Waals surface area (Å²) in [5.41, 5.74) is 2.01. The first-order valence-corrected chi connectivity index (χ1v) is 8.85. The minimum atomic E-state index is 0.668. The van der Waals surface area contributed by atoms with E-state index >= 15 is 0 Å². The van der Waals surface area contributed by atoms with Crippen molar-refractivity contribution in [1.29, 1.82) is 0 Å². The summed E-state index contributed by atoms with van der Waals surface area (Å²) in [5, 5.41) is 0. The van der Waals surface area contributed by atoms with Gasteiger partial charge in [0.25, 0.3) is 0 Å². The second-order valence-corrected chi connectivity index (χ2v) is 10.8. The van der Waals surface area contributed by atoms with Crippen LogP contribution in [0.25, 0.3) is 0 Å². The Bertz CT molecular complexity index is 377. The van der Waals surface area contributed by atoms with E-state index in [1.807, 2.05) is 0 Å². The summed E-state index contributed by atoms with van der Waals surface area (Å²) in [5.74, 6) is 1.85. The summed E-state index contributed by atoms with van der Waals surface area (Å²) in [7, 11) is 4.95. The maximum atomic E-state index is 2.60. The quantitative estimate of drug-likeness (QED) is 0.653. The highest BCUT2D eigenvalue weighted by Gasteiger charge is 2.61. The lowest BCUT2D eigenvalue weighted by Gasteiger charge is -2.66. The largest absolute Gasteiger partial charge is 0.328 e. The molecule has 0 aromatic rings. The fraction of sp³-hybridized carbons (Fsp3) is 1.00. The number of nitrogens with zero attached hydrogens (tertiary/aromatic N) is 1. The molecular formula is C19H36N+. The van der Waals surface area contributed by atoms with Crippen molar-refractivity contribution in [1.82, 2.24) is 0 Å². The van der Waals surface area contributed by atoms with E-state index in [0.29, 0.717) is 16.2 Å². The molecule has 2 unspecified atom stereocenters. The second kappa shape index (κ2) is 4.24. The number of hydrogen-bond acceptors (Lipinski definition) is 0. The third-order valence-electron chi connectivity index (χ3n) is 6.36. The van der Waals surface area contributed by atoms with Gasteiger partial charge in [-0.15, -0.1) is 0 Å². The molecule has 2 atom stereocenters. The van der Waals surface area contributed by atoms with E-state index in [9.17, 15) is 0 Å². The van der Waals surface area contributed by atoms with Crippen LogP contribution < -0.4 is 0 Å². The van der Waals surface area contributed by atoms with Gasteiger partial charge in [0.05, 0.1) is 27.2 Å². The second-order valence-electron chi connectivity index (χ2n) is 10.8. The Labute approximate surface area is 126 Å². The van der Waals surface area contributed by atoms with Crippen LogP contribution in [0.4, 0.5) is 0 Å². The fourth-order valence-corrected chi connectivity index (χ4v) is 7.82. The van der Waals surface area contributed by atoms with Crippen LogP contribution in [-0.4, -0.2) is 31.7 Å². The molecule has 116 valence electrons. The normalized spacial score (nSPS) is 47.2. The van der Waals surface area contributed by atoms with Crippen LogP contribution in [0.1, 0.15) is 66.2 Å². The fourth-order valence-electron chi connectivity index (χ4n) is 7.82. The van der Waals surface area contributed by atoms with Gasteiger partial charge in [-0.2, -0.15) is 0 Å². The highest BCUT2D eigenvalue weighted by Crippen LogP contribution is 2.69. The molecule has 0 spiro atoms.